The predicted octanol–water partition coefficient (Wildman–Crippen LogP) is 3.04. The summed E-state index contributed by atoms with van der Waals surface area (Å²) in [6.45, 7) is 1.19. The third-order valence-electron chi connectivity index (χ3n) is 4.31. The lowest BCUT2D eigenvalue weighted by Crippen LogP contribution is -2.41. The van der Waals surface area contributed by atoms with Crippen molar-refractivity contribution in [3.63, 3.8) is 0 Å². The standard InChI is InChI=1S/C17H12F2N4O3S/c1-17(10-2-3-11(18)12(19)6-10)15(24)23(16(25)21-17)7-13-20-14(22-26-13)9-4-5-27-8-9/h2-6,8H,7H2,1H3,(H,21,25). The number of amides is 3. The van der Waals surface area contributed by atoms with Gasteiger partial charge in [-0.3, -0.25) is 9.69 Å². The molecule has 4 rings (SSSR count). The first-order valence-electron chi connectivity index (χ1n) is 7.83. The zero-order valence-corrected chi connectivity index (χ0v) is 14.7. The van der Waals surface area contributed by atoms with Crippen LogP contribution in [0.25, 0.3) is 11.4 Å². The van der Waals surface area contributed by atoms with Crippen molar-refractivity contribution in [2.24, 2.45) is 0 Å². The zero-order valence-electron chi connectivity index (χ0n) is 13.9. The molecular formula is C17H12F2N4O3S. The number of imide groups is 1. The van der Waals surface area contributed by atoms with E-state index >= 15 is 0 Å². The van der Waals surface area contributed by atoms with Gasteiger partial charge < -0.3 is 9.84 Å². The number of hydrogen-bond acceptors (Lipinski definition) is 6. The smallest absolute Gasteiger partial charge is 0.325 e. The molecule has 0 bridgehead atoms. The van der Waals surface area contributed by atoms with Crippen molar-refractivity contribution in [2.75, 3.05) is 0 Å². The van der Waals surface area contributed by atoms with Gasteiger partial charge in [-0.05, 0) is 36.1 Å². The molecule has 3 amide bonds. The van der Waals surface area contributed by atoms with Crippen LogP contribution in [0, 0.1) is 11.6 Å². The van der Waals surface area contributed by atoms with Crippen LogP contribution in [0.4, 0.5) is 13.6 Å². The lowest BCUT2D eigenvalue weighted by atomic mass is 9.92. The summed E-state index contributed by atoms with van der Waals surface area (Å²) in [5.41, 5.74) is -0.632. The molecular weight excluding hydrogens is 378 g/mol. The van der Waals surface area contributed by atoms with Gasteiger partial charge in [0.2, 0.25) is 11.7 Å². The van der Waals surface area contributed by atoms with Crippen LogP contribution in [-0.2, 0) is 16.9 Å². The Bertz CT molecular complexity index is 1040. The molecule has 1 unspecified atom stereocenters. The van der Waals surface area contributed by atoms with Crippen LogP contribution in [0.3, 0.4) is 0 Å². The van der Waals surface area contributed by atoms with Gasteiger partial charge in [-0.2, -0.15) is 16.3 Å². The summed E-state index contributed by atoms with van der Waals surface area (Å²) in [5.74, 6) is -2.35. The van der Waals surface area contributed by atoms with E-state index in [-0.39, 0.29) is 18.0 Å². The van der Waals surface area contributed by atoms with E-state index in [1.165, 1.54) is 24.3 Å². The average molecular weight is 390 g/mol. The maximum absolute atomic E-state index is 13.6. The Kier molecular flexibility index (Phi) is 3.99. The quantitative estimate of drug-likeness (QED) is 0.692. The number of aromatic nitrogens is 2. The second-order valence-corrected chi connectivity index (χ2v) is 6.88. The van der Waals surface area contributed by atoms with Crippen molar-refractivity contribution in [1.82, 2.24) is 20.4 Å². The third-order valence-corrected chi connectivity index (χ3v) is 5.00. The maximum atomic E-state index is 13.6. The molecule has 7 nitrogen and oxygen atoms in total. The number of carbonyl (C=O) groups is 2. The van der Waals surface area contributed by atoms with Crippen LogP contribution in [-0.4, -0.2) is 27.0 Å². The fourth-order valence-corrected chi connectivity index (χ4v) is 3.44. The second kappa shape index (κ2) is 6.23. The minimum atomic E-state index is -1.53. The van der Waals surface area contributed by atoms with Gasteiger partial charge >= 0.3 is 6.03 Å². The monoisotopic (exact) mass is 390 g/mol. The Morgan fingerprint density at radius 1 is 1.26 bits per heavy atom. The molecule has 2 aromatic heterocycles. The lowest BCUT2D eigenvalue weighted by molar-refractivity contribution is -0.131. The molecule has 1 aliphatic rings. The van der Waals surface area contributed by atoms with E-state index in [1.807, 2.05) is 16.8 Å². The van der Waals surface area contributed by atoms with Crippen molar-refractivity contribution in [3.05, 3.63) is 58.1 Å². The first-order chi connectivity index (χ1) is 12.9. The van der Waals surface area contributed by atoms with E-state index in [4.69, 9.17) is 4.52 Å². The first kappa shape index (κ1) is 17.3. The van der Waals surface area contributed by atoms with Crippen molar-refractivity contribution in [1.29, 1.82) is 0 Å². The minimum Gasteiger partial charge on any atom is -0.337 e. The highest BCUT2D eigenvalue weighted by Gasteiger charge is 2.49. The van der Waals surface area contributed by atoms with Crippen LogP contribution in [0.2, 0.25) is 0 Å². The molecule has 0 spiro atoms. The molecule has 1 N–H and O–H groups in total. The van der Waals surface area contributed by atoms with E-state index < -0.39 is 29.1 Å². The molecule has 3 aromatic rings. The molecule has 138 valence electrons. The molecule has 27 heavy (non-hydrogen) atoms. The normalized spacial score (nSPS) is 19.6. The fourth-order valence-electron chi connectivity index (χ4n) is 2.81. The zero-order chi connectivity index (χ0) is 19.2. The van der Waals surface area contributed by atoms with Crippen molar-refractivity contribution < 1.29 is 22.9 Å². The van der Waals surface area contributed by atoms with E-state index in [9.17, 15) is 18.4 Å². The summed E-state index contributed by atoms with van der Waals surface area (Å²) in [6.07, 6.45) is 0. The van der Waals surface area contributed by atoms with Crippen LogP contribution in [0.5, 0.6) is 0 Å². The maximum Gasteiger partial charge on any atom is 0.325 e. The van der Waals surface area contributed by atoms with Gasteiger partial charge in [-0.1, -0.05) is 11.2 Å². The summed E-state index contributed by atoms with van der Waals surface area (Å²) in [6, 6.07) is 4.17. The minimum absolute atomic E-state index is 0.0780. The SMILES string of the molecule is CC1(c2ccc(F)c(F)c2)NC(=O)N(Cc2nc(-c3ccsc3)no2)C1=O. The lowest BCUT2D eigenvalue weighted by Gasteiger charge is -2.22. The number of nitrogens with one attached hydrogen (secondary N) is 1. The number of rotatable bonds is 4. The van der Waals surface area contributed by atoms with Crippen LogP contribution >= 0.6 is 11.3 Å². The highest BCUT2D eigenvalue weighted by atomic mass is 32.1. The number of thiophene rings is 1. The van der Waals surface area contributed by atoms with Gasteiger partial charge in [0.15, 0.2) is 11.6 Å². The van der Waals surface area contributed by atoms with E-state index in [0.29, 0.717) is 5.82 Å². The molecule has 1 fully saturated rings. The molecule has 10 heteroatoms. The Hall–Kier alpha value is -3.14. The Morgan fingerprint density at radius 3 is 2.78 bits per heavy atom. The highest BCUT2D eigenvalue weighted by molar-refractivity contribution is 7.08. The van der Waals surface area contributed by atoms with Crippen LogP contribution in [0.15, 0.2) is 39.5 Å². The highest BCUT2D eigenvalue weighted by Crippen LogP contribution is 2.30. The van der Waals surface area contributed by atoms with E-state index in [2.05, 4.69) is 15.5 Å². The summed E-state index contributed by atoms with van der Waals surface area (Å²) in [4.78, 5) is 30.2. The molecule has 1 saturated heterocycles. The van der Waals surface area contributed by atoms with Gasteiger partial charge in [-0.25, -0.2) is 13.6 Å². The molecule has 1 aromatic carbocycles. The van der Waals surface area contributed by atoms with E-state index in [1.54, 1.807) is 0 Å². The molecule has 0 aliphatic carbocycles. The van der Waals surface area contributed by atoms with Gasteiger partial charge in [0.1, 0.15) is 12.1 Å². The number of carbonyl (C=O) groups excluding carboxylic acids is 2. The van der Waals surface area contributed by atoms with Gasteiger partial charge in [0, 0.05) is 10.9 Å². The Labute approximate surface area is 155 Å². The summed E-state index contributed by atoms with van der Waals surface area (Å²) in [7, 11) is 0. The average Bonchev–Trinajstić information content (AvgIpc) is 3.35. The predicted molar refractivity (Wildman–Crippen MR) is 90.4 cm³/mol. The number of urea groups is 1. The Morgan fingerprint density at radius 2 is 2.07 bits per heavy atom. The van der Waals surface area contributed by atoms with Crippen LogP contribution in [0.1, 0.15) is 18.4 Å². The summed E-state index contributed by atoms with van der Waals surface area (Å²) < 4.78 is 31.9. The van der Waals surface area contributed by atoms with Gasteiger partial charge in [-0.15, -0.1) is 0 Å². The topological polar surface area (TPSA) is 88.3 Å². The first-order valence-corrected chi connectivity index (χ1v) is 8.77. The largest absolute Gasteiger partial charge is 0.337 e. The Balaban J connectivity index is 1.59. The molecule has 0 saturated carbocycles. The summed E-state index contributed by atoms with van der Waals surface area (Å²) in [5, 5.41) is 10.0. The number of halogens is 2. The number of nitrogens with zero attached hydrogens (tertiary/aromatic N) is 3. The summed E-state index contributed by atoms with van der Waals surface area (Å²) >= 11 is 1.47. The number of hydrogen-bond donors (Lipinski definition) is 1. The van der Waals surface area contributed by atoms with Crippen molar-refractivity contribution >= 4 is 23.3 Å². The number of benzene rings is 1. The molecule has 1 aliphatic heterocycles. The van der Waals surface area contributed by atoms with E-state index in [0.717, 1.165) is 22.6 Å². The van der Waals surface area contributed by atoms with Crippen molar-refractivity contribution in [2.45, 2.75) is 19.0 Å². The second-order valence-electron chi connectivity index (χ2n) is 6.10. The van der Waals surface area contributed by atoms with Crippen LogP contribution < -0.4 is 5.32 Å². The molecule has 3 heterocycles. The van der Waals surface area contributed by atoms with Crippen molar-refractivity contribution in [3.8, 4) is 11.4 Å². The molecule has 0 radical (unpaired) electrons. The molecule has 1 atom stereocenters. The fraction of sp³-hybridized carbons (Fsp3) is 0.176. The van der Waals surface area contributed by atoms with Gasteiger partial charge in [0.05, 0.1) is 0 Å². The third kappa shape index (κ3) is 2.87. The van der Waals surface area contributed by atoms with Gasteiger partial charge in [0.25, 0.3) is 5.91 Å².